The van der Waals surface area contributed by atoms with Crippen molar-refractivity contribution < 1.29 is 18.7 Å². The Morgan fingerprint density at radius 2 is 1.96 bits per heavy atom. The van der Waals surface area contributed by atoms with Crippen molar-refractivity contribution in [3.8, 4) is 11.5 Å². The molecule has 2 aromatic carbocycles. The largest absolute Gasteiger partial charge is 0.486 e. The number of benzene rings is 2. The lowest BCUT2D eigenvalue weighted by Gasteiger charge is -2.19. The van der Waals surface area contributed by atoms with Gasteiger partial charge in [0.15, 0.2) is 11.5 Å². The van der Waals surface area contributed by atoms with E-state index in [-0.39, 0.29) is 17.0 Å². The molecule has 0 spiro atoms. The summed E-state index contributed by atoms with van der Waals surface area (Å²) in [6, 6.07) is 11.9. The first-order valence-electron chi connectivity index (χ1n) is 7.69. The molecule has 1 aliphatic heterocycles. The third kappa shape index (κ3) is 4.00. The number of anilines is 1. The molecule has 0 aromatic heterocycles. The van der Waals surface area contributed by atoms with E-state index >= 15 is 0 Å². The summed E-state index contributed by atoms with van der Waals surface area (Å²) >= 11 is 1.39. The van der Waals surface area contributed by atoms with Crippen molar-refractivity contribution in [2.75, 3.05) is 18.5 Å². The number of carbonyl (C=O) groups is 1. The van der Waals surface area contributed by atoms with Crippen molar-refractivity contribution in [2.45, 2.75) is 17.9 Å². The van der Waals surface area contributed by atoms with Crippen molar-refractivity contribution in [1.29, 1.82) is 0 Å². The predicted octanol–water partition coefficient (Wildman–Crippen LogP) is 3.86. The third-order valence-electron chi connectivity index (χ3n) is 3.63. The van der Waals surface area contributed by atoms with Crippen LogP contribution in [0.1, 0.15) is 12.5 Å². The van der Waals surface area contributed by atoms with E-state index in [0.29, 0.717) is 41.7 Å². The monoisotopic (exact) mass is 347 g/mol. The first-order valence-corrected chi connectivity index (χ1v) is 8.74. The molecule has 4 nitrogen and oxygen atoms in total. The average Bonchev–Trinajstić information content (AvgIpc) is 2.60. The van der Waals surface area contributed by atoms with E-state index in [2.05, 4.69) is 5.32 Å². The van der Waals surface area contributed by atoms with Crippen LogP contribution in [0.25, 0.3) is 0 Å². The Morgan fingerprint density at radius 1 is 1.21 bits per heavy atom. The van der Waals surface area contributed by atoms with Crippen LogP contribution in [0.4, 0.5) is 10.1 Å². The van der Waals surface area contributed by atoms with Gasteiger partial charge in [0.2, 0.25) is 5.91 Å². The van der Waals surface area contributed by atoms with Gasteiger partial charge >= 0.3 is 0 Å². The highest BCUT2D eigenvalue weighted by Gasteiger charge is 2.17. The Labute approximate surface area is 144 Å². The molecular weight excluding hydrogens is 329 g/mol. The predicted molar refractivity (Wildman–Crippen MR) is 93.2 cm³/mol. The summed E-state index contributed by atoms with van der Waals surface area (Å²) in [4.78, 5) is 12.3. The Bertz CT molecular complexity index is 738. The fraction of sp³-hybridized carbons (Fsp3) is 0.278. The number of hydrogen-bond donors (Lipinski definition) is 1. The van der Waals surface area contributed by atoms with Crippen LogP contribution in [-0.2, 0) is 10.5 Å². The van der Waals surface area contributed by atoms with Crippen molar-refractivity contribution in [3.63, 3.8) is 0 Å². The van der Waals surface area contributed by atoms with E-state index < -0.39 is 0 Å². The first-order chi connectivity index (χ1) is 11.6. The van der Waals surface area contributed by atoms with E-state index in [1.165, 1.54) is 17.8 Å². The molecule has 1 unspecified atom stereocenters. The minimum Gasteiger partial charge on any atom is -0.486 e. The lowest BCUT2D eigenvalue weighted by atomic mass is 10.2. The fourth-order valence-electron chi connectivity index (χ4n) is 2.27. The number of carbonyl (C=O) groups excluding carboxylic acids is 1. The van der Waals surface area contributed by atoms with Crippen LogP contribution < -0.4 is 14.8 Å². The zero-order valence-electron chi connectivity index (χ0n) is 13.3. The molecule has 1 aliphatic rings. The van der Waals surface area contributed by atoms with Gasteiger partial charge in [-0.3, -0.25) is 4.79 Å². The molecule has 1 N–H and O–H groups in total. The van der Waals surface area contributed by atoms with Gasteiger partial charge in [0.05, 0.1) is 5.25 Å². The number of nitrogens with one attached hydrogen (secondary N) is 1. The Kier molecular flexibility index (Phi) is 5.25. The van der Waals surface area contributed by atoms with Gasteiger partial charge in [-0.25, -0.2) is 4.39 Å². The number of ether oxygens (including phenoxy) is 2. The zero-order chi connectivity index (χ0) is 16.9. The molecular formula is C18H18FNO3S. The zero-order valence-corrected chi connectivity index (χ0v) is 14.1. The minimum absolute atomic E-state index is 0.131. The normalized spacial score (nSPS) is 14.1. The van der Waals surface area contributed by atoms with Crippen LogP contribution in [0.2, 0.25) is 0 Å². The van der Waals surface area contributed by atoms with E-state index in [0.717, 1.165) is 0 Å². The second-order valence-electron chi connectivity index (χ2n) is 5.39. The molecule has 3 rings (SSSR count). The summed E-state index contributed by atoms with van der Waals surface area (Å²) in [5.74, 6) is 1.38. The summed E-state index contributed by atoms with van der Waals surface area (Å²) in [5, 5.41) is 2.55. The molecule has 0 saturated carbocycles. The van der Waals surface area contributed by atoms with E-state index in [4.69, 9.17) is 9.47 Å². The van der Waals surface area contributed by atoms with Gasteiger partial charge in [-0.15, -0.1) is 11.8 Å². The lowest BCUT2D eigenvalue weighted by molar-refractivity contribution is -0.115. The summed E-state index contributed by atoms with van der Waals surface area (Å²) in [6.45, 7) is 2.83. The molecule has 0 aliphatic carbocycles. The molecule has 1 heterocycles. The van der Waals surface area contributed by atoms with Gasteiger partial charge in [0.1, 0.15) is 19.0 Å². The van der Waals surface area contributed by atoms with Gasteiger partial charge in [0.25, 0.3) is 0 Å². The second-order valence-corrected chi connectivity index (χ2v) is 6.72. The van der Waals surface area contributed by atoms with Gasteiger partial charge in [-0.1, -0.05) is 18.2 Å². The molecule has 24 heavy (non-hydrogen) atoms. The van der Waals surface area contributed by atoms with Crippen molar-refractivity contribution in [3.05, 3.63) is 53.8 Å². The van der Waals surface area contributed by atoms with Crippen molar-refractivity contribution >= 4 is 23.4 Å². The molecule has 2 aromatic rings. The number of fused-ring (bicyclic) bond motifs is 1. The second kappa shape index (κ2) is 7.57. The van der Waals surface area contributed by atoms with Crippen LogP contribution in [-0.4, -0.2) is 24.4 Å². The minimum atomic E-state index is -0.308. The number of amides is 1. The average molecular weight is 347 g/mol. The fourth-order valence-corrected chi connectivity index (χ4v) is 3.14. The van der Waals surface area contributed by atoms with E-state index in [1.807, 2.05) is 0 Å². The topological polar surface area (TPSA) is 47.6 Å². The highest BCUT2D eigenvalue weighted by Crippen LogP contribution is 2.32. The van der Waals surface area contributed by atoms with Gasteiger partial charge in [-0.2, -0.15) is 0 Å². The highest BCUT2D eigenvalue weighted by molar-refractivity contribution is 7.99. The first kappa shape index (κ1) is 16.6. The maximum Gasteiger partial charge on any atom is 0.237 e. The summed E-state index contributed by atoms with van der Waals surface area (Å²) < 4.78 is 24.6. The summed E-state index contributed by atoms with van der Waals surface area (Å²) in [6.07, 6.45) is 0. The van der Waals surface area contributed by atoms with Gasteiger partial charge in [0, 0.05) is 17.5 Å². The number of rotatable bonds is 5. The SMILES string of the molecule is CC(SCc1ccccc1F)C(=O)Nc1ccc2c(c1)OCCO2. The Hall–Kier alpha value is -2.21. The van der Waals surface area contributed by atoms with Gasteiger partial charge < -0.3 is 14.8 Å². The Balaban J connectivity index is 1.57. The summed E-state index contributed by atoms with van der Waals surface area (Å²) in [7, 11) is 0. The highest BCUT2D eigenvalue weighted by atomic mass is 32.2. The van der Waals surface area contributed by atoms with Crippen LogP contribution in [0.15, 0.2) is 42.5 Å². The van der Waals surface area contributed by atoms with Crippen molar-refractivity contribution in [1.82, 2.24) is 0 Å². The maximum absolute atomic E-state index is 13.6. The molecule has 6 heteroatoms. The van der Waals surface area contributed by atoms with Crippen LogP contribution in [0.3, 0.4) is 0 Å². The molecule has 0 radical (unpaired) electrons. The van der Waals surface area contributed by atoms with E-state index in [1.54, 1.807) is 43.3 Å². The molecule has 0 saturated heterocycles. The smallest absolute Gasteiger partial charge is 0.237 e. The van der Waals surface area contributed by atoms with Crippen LogP contribution in [0, 0.1) is 5.82 Å². The molecule has 0 fully saturated rings. The number of hydrogen-bond acceptors (Lipinski definition) is 4. The van der Waals surface area contributed by atoms with Crippen LogP contribution in [0.5, 0.6) is 11.5 Å². The summed E-state index contributed by atoms with van der Waals surface area (Å²) in [5.41, 5.74) is 1.25. The van der Waals surface area contributed by atoms with E-state index in [9.17, 15) is 9.18 Å². The molecule has 1 atom stereocenters. The number of halogens is 1. The number of thioether (sulfide) groups is 1. The third-order valence-corrected chi connectivity index (χ3v) is 4.82. The van der Waals surface area contributed by atoms with Crippen molar-refractivity contribution in [2.24, 2.45) is 0 Å². The van der Waals surface area contributed by atoms with Gasteiger partial charge in [-0.05, 0) is 30.7 Å². The standard InChI is InChI=1S/C18H18FNO3S/c1-12(24-11-13-4-2-3-5-15(13)19)18(21)20-14-6-7-16-17(10-14)23-9-8-22-16/h2-7,10,12H,8-9,11H2,1H3,(H,20,21). The Morgan fingerprint density at radius 3 is 2.75 bits per heavy atom. The molecule has 126 valence electrons. The molecule has 0 bridgehead atoms. The quantitative estimate of drug-likeness (QED) is 0.892. The maximum atomic E-state index is 13.6. The van der Waals surface area contributed by atoms with Crippen LogP contribution >= 0.6 is 11.8 Å². The molecule has 1 amide bonds. The lowest BCUT2D eigenvalue weighted by Crippen LogP contribution is -2.23.